The molecule has 2 aromatic carbocycles. The van der Waals surface area contributed by atoms with Crippen LogP contribution in [0.4, 0.5) is 17.6 Å². The number of halogens is 4. The fourth-order valence-electron chi connectivity index (χ4n) is 3.90. The summed E-state index contributed by atoms with van der Waals surface area (Å²) in [5.41, 5.74) is 3.16. The van der Waals surface area contributed by atoms with Gasteiger partial charge < -0.3 is 0 Å². The van der Waals surface area contributed by atoms with Gasteiger partial charge in [0, 0.05) is 18.4 Å². The molecular weight excluding hydrogens is 480 g/mol. The predicted molar refractivity (Wildman–Crippen MR) is 141 cm³/mol. The van der Waals surface area contributed by atoms with Crippen molar-refractivity contribution >= 4 is 11.3 Å². The molecule has 0 spiro atoms. The highest BCUT2D eigenvalue weighted by atomic mass is 19.4. The van der Waals surface area contributed by atoms with Crippen LogP contribution >= 0.6 is 0 Å². The average Bonchev–Trinajstić information content (AvgIpc) is 3.25. The van der Waals surface area contributed by atoms with Crippen molar-refractivity contribution in [1.29, 1.82) is 0 Å². The summed E-state index contributed by atoms with van der Waals surface area (Å²) >= 11 is 0. The molecule has 0 saturated heterocycles. The third-order valence-corrected chi connectivity index (χ3v) is 5.82. The van der Waals surface area contributed by atoms with Gasteiger partial charge in [0.25, 0.3) is 0 Å². The molecule has 0 N–H and O–H groups in total. The molecular formula is C30H34F4N2O. The molecule has 0 aliphatic rings. The maximum Gasteiger partial charge on any atom is 0.433 e. The summed E-state index contributed by atoms with van der Waals surface area (Å²) < 4.78 is 52.7. The highest BCUT2D eigenvalue weighted by Crippen LogP contribution is 2.34. The molecule has 2 aromatic heterocycles. The summed E-state index contributed by atoms with van der Waals surface area (Å²) in [5, 5.41) is 4.02. The minimum Gasteiger partial charge on any atom is -0.300 e. The Hall–Kier alpha value is -3.48. The zero-order chi connectivity index (χ0) is 27.6. The molecule has 1 atom stereocenters. The lowest BCUT2D eigenvalue weighted by Gasteiger charge is -2.09. The largest absolute Gasteiger partial charge is 0.433 e. The summed E-state index contributed by atoms with van der Waals surface area (Å²) in [6.45, 7) is 9.10. The number of carbonyl (C=O) groups is 1. The van der Waals surface area contributed by atoms with Gasteiger partial charge in [0.2, 0.25) is 0 Å². The first-order chi connectivity index (χ1) is 17.7. The van der Waals surface area contributed by atoms with Gasteiger partial charge >= 0.3 is 6.18 Å². The number of hydrogen-bond donors (Lipinski definition) is 0. The van der Waals surface area contributed by atoms with Crippen molar-refractivity contribution < 1.29 is 22.4 Å². The highest BCUT2D eigenvalue weighted by molar-refractivity contribution is 5.82. The second-order valence-corrected chi connectivity index (χ2v) is 8.40. The van der Waals surface area contributed by atoms with Crippen LogP contribution < -0.4 is 0 Å². The molecule has 0 aliphatic heterocycles. The minimum absolute atomic E-state index is 0.344. The number of aryl methyl sites for hydroxylation is 1. The lowest BCUT2D eigenvalue weighted by atomic mass is 9.95. The number of pyridine rings is 1. The van der Waals surface area contributed by atoms with Gasteiger partial charge in [0.05, 0.1) is 11.2 Å². The van der Waals surface area contributed by atoms with E-state index in [9.17, 15) is 22.4 Å². The maximum atomic E-state index is 13.1. The first-order valence-corrected chi connectivity index (χ1v) is 12.4. The van der Waals surface area contributed by atoms with E-state index in [1.54, 1.807) is 37.3 Å². The first-order valence-electron chi connectivity index (χ1n) is 12.4. The van der Waals surface area contributed by atoms with E-state index in [0.29, 0.717) is 52.4 Å². The topological polar surface area (TPSA) is 34.4 Å². The number of benzene rings is 2. The summed E-state index contributed by atoms with van der Waals surface area (Å²) in [4.78, 5) is 11.2. The fourth-order valence-corrected chi connectivity index (χ4v) is 3.90. The van der Waals surface area contributed by atoms with Crippen molar-refractivity contribution in [2.75, 3.05) is 0 Å². The Morgan fingerprint density at radius 3 is 2.11 bits per heavy atom. The Labute approximate surface area is 216 Å². The zero-order valence-corrected chi connectivity index (χ0v) is 21.9. The predicted octanol–water partition coefficient (Wildman–Crippen LogP) is 8.98. The minimum atomic E-state index is -4.48. The standard InChI is InChI=1S/C16H12F4N2.C12H16O.C2H6/c1-10-15(12-7-5-11(9-17)6-8-12)13-3-2-4-14(16(18,19)20)22(13)21-10;1-3-12(13)9-10(2)11-7-5-4-6-8-11;1-2/h2-8H,9H2,1H3;4-8,10H,3,9H2,1-2H3;1-2H3. The van der Waals surface area contributed by atoms with Crippen LogP contribution in [-0.2, 0) is 17.6 Å². The maximum absolute atomic E-state index is 13.1. The smallest absolute Gasteiger partial charge is 0.300 e. The summed E-state index contributed by atoms with van der Waals surface area (Å²) in [6, 6.07) is 20.8. The summed E-state index contributed by atoms with van der Waals surface area (Å²) in [5.74, 6) is 0.699. The number of Topliss-reactive ketones (excluding diaryl/α,β-unsaturated/α-hetero) is 1. The van der Waals surface area contributed by atoms with Crippen molar-refractivity contribution in [3.05, 3.63) is 95.3 Å². The van der Waals surface area contributed by atoms with Crippen LogP contribution in [0, 0.1) is 6.92 Å². The van der Waals surface area contributed by atoms with E-state index in [1.807, 2.05) is 39.0 Å². The number of fused-ring (bicyclic) bond motifs is 1. The van der Waals surface area contributed by atoms with E-state index in [4.69, 9.17) is 0 Å². The average molecular weight is 515 g/mol. The van der Waals surface area contributed by atoms with Crippen LogP contribution in [0.3, 0.4) is 0 Å². The van der Waals surface area contributed by atoms with Crippen LogP contribution in [0.1, 0.15) is 69.0 Å². The molecule has 4 rings (SSSR count). The Morgan fingerprint density at radius 1 is 0.946 bits per heavy atom. The first kappa shape index (κ1) is 29.7. The molecule has 37 heavy (non-hydrogen) atoms. The van der Waals surface area contributed by atoms with E-state index in [1.165, 1.54) is 11.6 Å². The highest BCUT2D eigenvalue weighted by Gasteiger charge is 2.34. The Balaban J connectivity index is 0.000000275. The molecule has 0 bridgehead atoms. The van der Waals surface area contributed by atoms with Crippen molar-refractivity contribution in [3.8, 4) is 11.1 Å². The number of hydrogen-bond acceptors (Lipinski definition) is 2. The van der Waals surface area contributed by atoms with Gasteiger partial charge in [0.1, 0.15) is 18.2 Å². The zero-order valence-electron chi connectivity index (χ0n) is 21.9. The van der Waals surface area contributed by atoms with Crippen molar-refractivity contribution in [2.45, 2.75) is 66.2 Å². The molecule has 4 aromatic rings. The van der Waals surface area contributed by atoms with Gasteiger partial charge in [-0.05, 0) is 41.7 Å². The fraction of sp³-hybridized carbons (Fsp3) is 0.333. The van der Waals surface area contributed by atoms with Crippen molar-refractivity contribution in [2.24, 2.45) is 0 Å². The van der Waals surface area contributed by atoms with Gasteiger partial charge in [-0.1, -0.05) is 88.4 Å². The van der Waals surface area contributed by atoms with E-state index >= 15 is 0 Å². The van der Waals surface area contributed by atoms with Crippen LogP contribution in [0.5, 0.6) is 0 Å². The molecule has 0 amide bonds. The Bertz CT molecular complexity index is 1260. The van der Waals surface area contributed by atoms with E-state index in [2.05, 4.69) is 24.2 Å². The lowest BCUT2D eigenvalue weighted by Crippen LogP contribution is -2.11. The number of alkyl halides is 4. The quantitative estimate of drug-likeness (QED) is 0.241. The van der Waals surface area contributed by atoms with Gasteiger partial charge in [-0.15, -0.1) is 0 Å². The molecule has 3 nitrogen and oxygen atoms in total. The number of carbonyl (C=O) groups excluding carboxylic acids is 1. The third-order valence-electron chi connectivity index (χ3n) is 5.82. The molecule has 198 valence electrons. The molecule has 0 aliphatic carbocycles. The summed E-state index contributed by atoms with van der Waals surface area (Å²) in [7, 11) is 0. The van der Waals surface area contributed by atoms with Crippen LogP contribution in [0.25, 0.3) is 16.6 Å². The van der Waals surface area contributed by atoms with Gasteiger partial charge in [-0.25, -0.2) is 8.91 Å². The Kier molecular flexibility index (Phi) is 11.0. The number of ketones is 1. The normalized spacial score (nSPS) is 11.7. The number of aromatic nitrogens is 2. The van der Waals surface area contributed by atoms with Gasteiger partial charge in [0.15, 0.2) is 0 Å². The van der Waals surface area contributed by atoms with Crippen LogP contribution in [0.2, 0.25) is 0 Å². The monoisotopic (exact) mass is 514 g/mol. The molecule has 1 unspecified atom stereocenters. The second kappa shape index (κ2) is 13.7. The van der Waals surface area contributed by atoms with E-state index in [-0.39, 0.29) is 0 Å². The van der Waals surface area contributed by atoms with E-state index < -0.39 is 18.5 Å². The molecule has 0 saturated carbocycles. The third kappa shape index (κ3) is 7.75. The molecule has 2 heterocycles. The van der Waals surface area contributed by atoms with Gasteiger partial charge in [-0.3, -0.25) is 4.79 Å². The van der Waals surface area contributed by atoms with Gasteiger partial charge in [-0.2, -0.15) is 18.3 Å². The lowest BCUT2D eigenvalue weighted by molar-refractivity contribution is -0.142. The van der Waals surface area contributed by atoms with Crippen molar-refractivity contribution in [3.63, 3.8) is 0 Å². The van der Waals surface area contributed by atoms with Crippen LogP contribution in [0.15, 0.2) is 72.8 Å². The second-order valence-electron chi connectivity index (χ2n) is 8.40. The van der Waals surface area contributed by atoms with E-state index in [0.717, 1.165) is 10.6 Å². The SMILES string of the molecule is CC.CCC(=O)CC(C)c1ccccc1.Cc1nn2c(C(F)(F)F)cccc2c1-c1ccc(CF)cc1. The van der Waals surface area contributed by atoms with Crippen molar-refractivity contribution in [1.82, 2.24) is 9.61 Å². The van der Waals surface area contributed by atoms with Crippen LogP contribution in [-0.4, -0.2) is 15.4 Å². The molecule has 0 fully saturated rings. The number of rotatable bonds is 6. The molecule has 7 heteroatoms. The molecule has 0 radical (unpaired) electrons. The Morgan fingerprint density at radius 2 is 1.57 bits per heavy atom. The number of nitrogens with zero attached hydrogens (tertiary/aromatic N) is 2. The summed E-state index contributed by atoms with van der Waals surface area (Å²) in [6.07, 6.45) is -3.16.